The lowest BCUT2D eigenvalue weighted by Crippen LogP contribution is -2.12. The molecule has 0 bridgehead atoms. The molecule has 0 aliphatic heterocycles. The summed E-state index contributed by atoms with van der Waals surface area (Å²) in [5.41, 5.74) is 1.69. The summed E-state index contributed by atoms with van der Waals surface area (Å²) in [5, 5.41) is 0.406. The summed E-state index contributed by atoms with van der Waals surface area (Å²) in [6.45, 7) is 0. The fourth-order valence-corrected chi connectivity index (χ4v) is 4.41. The van der Waals surface area contributed by atoms with Gasteiger partial charge in [-0.05, 0) is 22.0 Å². The number of rotatable bonds is 2. The Hall–Kier alpha value is -0.530. The molecule has 0 atom stereocenters. The Morgan fingerprint density at radius 2 is 2.00 bits per heavy atom. The maximum absolute atomic E-state index is 13.7. The van der Waals surface area contributed by atoms with E-state index < -0.39 is 18.1 Å². The number of benzene rings is 1. The molecule has 0 amide bonds. The topological polar surface area (TPSA) is 83.6 Å². The van der Waals surface area contributed by atoms with Crippen LogP contribution >= 0.6 is 34.9 Å². The highest BCUT2D eigenvalue weighted by Gasteiger charge is 2.53. The minimum atomic E-state index is -5.58. The van der Waals surface area contributed by atoms with Crippen LogP contribution in [0.3, 0.4) is 0 Å². The third-order valence-electron chi connectivity index (χ3n) is 2.32. The zero-order valence-electron chi connectivity index (χ0n) is 8.60. The molecule has 0 radical (unpaired) electrons. The molecule has 0 saturated heterocycles. The summed E-state index contributed by atoms with van der Waals surface area (Å²) in [6, 6.07) is 4.66. The van der Waals surface area contributed by atoms with E-state index >= 15 is 0 Å². The van der Waals surface area contributed by atoms with Gasteiger partial charge in [0.25, 0.3) is 0 Å². The van der Waals surface area contributed by atoms with Gasteiger partial charge in [-0.1, -0.05) is 12.1 Å². The average Bonchev–Trinajstić information content (AvgIpc) is 2.57. The summed E-state index contributed by atoms with van der Waals surface area (Å²) < 4.78 is 38.5. The first-order valence-electron chi connectivity index (χ1n) is 4.56. The van der Waals surface area contributed by atoms with E-state index in [0.717, 1.165) is 0 Å². The van der Waals surface area contributed by atoms with E-state index in [4.69, 9.17) is 15.5 Å². The lowest BCUT2D eigenvalue weighted by Gasteiger charge is -2.16. The molecule has 1 aromatic carbocycles. The number of alkyl halides is 2. The van der Waals surface area contributed by atoms with Crippen molar-refractivity contribution in [1.82, 2.24) is 0 Å². The van der Waals surface area contributed by atoms with Crippen molar-refractivity contribution in [2.45, 2.75) is 5.66 Å². The van der Waals surface area contributed by atoms with Crippen molar-refractivity contribution in [1.29, 1.82) is 0 Å². The van der Waals surface area contributed by atoms with Crippen LogP contribution in [0.15, 0.2) is 22.7 Å². The van der Waals surface area contributed by atoms with E-state index in [1.54, 1.807) is 12.1 Å². The van der Waals surface area contributed by atoms with Crippen LogP contribution in [0.25, 0.3) is 10.1 Å². The Labute approximate surface area is 113 Å². The highest BCUT2D eigenvalue weighted by atomic mass is 79.9. The van der Waals surface area contributed by atoms with Crippen molar-refractivity contribution in [2.75, 3.05) is 5.73 Å². The summed E-state index contributed by atoms with van der Waals surface area (Å²) in [7, 11) is -5.58. The molecule has 0 fully saturated rings. The molecule has 4 nitrogen and oxygen atoms in total. The molecular formula is C9H7BrF2NO3PS. The molecular weight excluding hydrogens is 351 g/mol. The predicted molar refractivity (Wildman–Crippen MR) is 69.9 cm³/mol. The monoisotopic (exact) mass is 357 g/mol. The van der Waals surface area contributed by atoms with Crippen LogP contribution in [-0.4, -0.2) is 9.79 Å². The molecule has 0 spiro atoms. The van der Waals surface area contributed by atoms with E-state index in [9.17, 15) is 13.3 Å². The van der Waals surface area contributed by atoms with Crippen molar-refractivity contribution in [3.8, 4) is 0 Å². The molecule has 0 aliphatic rings. The van der Waals surface area contributed by atoms with Crippen molar-refractivity contribution in [3.63, 3.8) is 0 Å². The molecule has 1 aromatic heterocycles. The largest absolute Gasteiger partial charge is 0.400 e. The molecule has 1 heterocycles. The highest BCUT2D eigenvalue weighted by Crippen LogP contribution is 2.63. The van der Waals surface area contributed by atoms with Gasteiger partial charge in [0.2, 0.25) is 0 Å². The van der Waals surface area contributed by atoms with Crippen LogP contribution in [0.1, 0.15) is 4.88 Å². The van der Waals surface area contributed by atoms with Crippen LogP contribution in [0, 0.1) is 0 Å². The molecule has 18 heavy (non-hydrogen) atoms. The van der Waals surface area contributed by atoms with Gasteiger partial charge in [-0.25, -0.2) is 0 Å². The Bertz CT molecular complexity index is 669. The Balaban J connectivity index is 2.78. The third kappa shape index (κ3) is 1.98. The molecule has 2 rings (SSSR count). The zero-order valence-corrected chi connectivity index (χ0v) is 11.9. The van der Waals surface area contributed by atoms with Crippen LogP contribution in [0.2, 0.25) is 0 Å². The lowest BCUT2D eigenvalue weighted by atomic mass is 10.2. The number of halogens is 3. The van der Waals surface area contributed by atoms with Gasteiger partial charge in [-0.15, -0.1) is 11.3 Å². The fourth-order valence-electron chi connectivity index (χ4n) is 1.44. The predicted octanol–water partition coefficient (Wildman–Crippen LogP) is 3.47. The summed E-state index contributed by atoms with van der Waals surface area (Å²) >= 11 is 3.52. The number of nitrogen functional groups attached to an aromatic ring is 1. The van der Waals surface area contributed by atoms with Gasteiger partial charge >= 0.3 is 13.3 Å². The second kappa shape index (κ2) is 4.25. The number of hydrogen-bond acceptors (Lipinski definition) is 3. The van der Waals surface area contributed by atoms with Crippen LogP contribution in [0.5, 0.6) is 0 Å². The minimum absolute atomic E-state index is 0.0388. The van der Waals surface area contributed by atoms with E-state index in [2.05, 4.69) is 15.9 Å². The fraction of sp³-hybridized carbons (Fsp3) is 0.111. The van der Waals surface area contributed by atoms with Gasteiger partial charge < -0.3 is 15.5 Å². The van der Waals surface area contributed by atoms with Gasteiger partial charge in [0.05, 0.1) is 4.70 Å². The van der Waals surface area contributed by atoms with Crippen molar-refractivity contribution in [3.05, 3.63) is 27.5 Å². The third-order valence-corrected chi connectivity index (χ3v) is 5.84. The normalized spacial score (nSPS) is 13.2. The van der Waals surface area contributed by atoms with Gasteiger partial charge in [-0.2, -0.15) is 8.78 Å². The van der Waals surface area contributed by atoms with Gasteiger partial charge in [0.1, 0.15) is 4.88 Å². The molecule has 2 aromatic rings. The maximum atomic E-state index is 13.7. The second-order valence-electron chi connectivity index (χ2n) is 3.55. The van der Waals surface area contributed by atoms with Crippen LogP contribution in [-0.2, 0) is 10.2 Å². The molecule has 98 valence electrons. The Kier molecular flexibility index (Phi) is 3.28. The molecule has 0 saturated carbocycles. The van der Waals surface area contributed by atoms with E-state index in [-0.39, 0.29) is 10.2 Å². The van der Waals surface area contributed by atoms with Gasteiger partial charge in [0.15, 0.2) is 0 Å². The molecule has 9 heteroatoms. The number of fused-ring (bicyclic) bond motifs is 1. The number of anilines is 1. The average molecular weight is 358 g/mol. The zero-order chi connectivity index (χ0) is 13.7. The van der Waals surface area contributed by atoms with Crippen LogP contribution < -0.4 is 5.73 Å². The standard InChI is InChI=1S/C9H7BrF2NO3PS/c10-6-4-2-1-3-5(13)7(4)18-8(6)9(11,12)17(14,15)16/h1-3H,13H2,(H2,14,15,16). The lowest BCUT2D eigenvalue weighted by molar-refractivity contribution is 0.0595. The maximum Gasteiger partial charge on any atom is 0.400 e. The Morgan fingerprint density at radius 1 is 1.39 bits per heavy atom. The number of hydrogen-bond donors (Lipinski definition) is 3. The van der Waals surface area contributed by atoms with Crippen molar-refractivity contribution in [2.24, 2.45) is 0 Å². The van der Waals surface area contributed by atoms with E-state index in [1.807, 2.05) is 0 Å². The summed E-state index contributed by atoms with van der Waals surface area (Å²) in [5.74, 6) is 0. The van der Waals surface area contributed by atoms with E-state index in [0.29, 0.717) is 21.4 Å². The number of thiophene rings is 1. The van der Waals surface area contributed by atoms with Crippen molar-refractivity contribution < 1.29 is 23.1 Å². The molecule has 0 unspecified atom stereocenters. The quantitative estimate of drug-likeness (QED) is 0.567. The first-order chi connectivity index (χ1) is 8.16. The SMILES string of the molecule is Nc1cccc2c(Br)c(C(F)(F)P(=O)(O)O)sc12. The second-order valence-corrected chi connectivity index (χ2v) is 7.02. The number of nitrogens with two attached hydrogens (primary N) is 1. The summed E-state index contributed by atoms with van der Waals surface area (Å²) in [4.78, 5) is 16.7. The molecule has 0 aliphatic carbocycles. The minimum Gasteiger partial charge on any atom is -0.398 e. The first-order valence-corrected chi connectivity index (χ1v) is 7.79. The van der Waals surface area contributed by atoms with Gasteiger partial charge in [-0.3, -0.25) is 4.57 Å². The van der Waals surface area contributed by atoms with Crippen molar-refractivity contribution >= 4 is 50.6 Å². The first kappa shape index (κ1) is 13.9. The summed E-state index contributed by atoms with van der Waals surface area (Å²) in [6.07, 6.45) is 0. The smallest absolute Gasteiger partial charge is 0.398 e. The molecule has 4 N–H and O–H groups in total. The van der Waals surface area contributed by atoms with Gasteiger partial charge in [0, 0.05) is 15.5 Å². The highest BCUT2D eigenvalue weighted by molar-refractivity contribution is 9.10. The Morgan fingerprint density at radius 3 is 2.50 bits per heavy atom. The van der Waals surface area contributed by atoms with Crippen LogP contribution in [0.4, 0.5) is 14.5 Å². The van der Waals surface area contributed by atoms with E-state index in [1.165, 1.54) is 6.07 Å².